The summed E-state index contributed by atoms with van der Waals surface area (Å²) in [6, 6.07) is 5.51. The van der Waals surface area contributed by atoms with Gasteiger partial charge in [0, 0.05) is 18.0 Å². The summed E-state index contributed by atoms with van der Waals surface area (Å²) in [6.07, 6.45) is -7.84. The van der Waals surface area contributed by atoms with Crippen molar-refractivity contribution in [3.05, 3.63) is 75.4 Å². The molecule has 4 rings (SSSR count). The van der Waals surface area contributed by atoms with Crippen LogP contribution in [0.2, 0.25) is 5.02 Å². The second kappa shape index (κ2) is 8.62. The highest BCUT2D eigenvalue weighted by Crippen LogP contribution is 2.37. The van der Waals surface area contributed by atoms with Gasteiger partial charge in [-0.05, 0) is 35.9 Å². The van der Waals surface area contributed by atoms with E-state index in [1.165, 1.54) is 6.92 Å². The zero-order valence-electron chi connectivity index (χ0n) is 17.9. The number of pyridine rings is 2. The average molecular weight is 551 g/mol. The predicted octanol–water partition coefficient (Wildman–Crippen LogP) is 5.03. The third-order valence-corrected chi connectivity index (χ3v) is 7.24. The molecule has 0 radical (unpaired) electrons. The Labute approximate surface area is 203 Å². The van der Waals surface area contributed by atoms with Crippen LogP contribution in [0, 0.1) is 0 Å². The highest BCUT2D eigenvalue weighted by Gasteiger charge is 2.34. The van der Waals surface area contributed by atoms with Crippen molar-refractivity contribution < 1.29 is 34.8 Å². The molecular formula is C21H13ClF6N4O3S. The van der Waals surface area contributed by atoms with Crippen LogP contribution in [0.4, 0.5) is 26.3 Å². The molecule has 0 atom stereocenters. The van der Waals surface area contributed by atoms with Gasteiger partial charge in [0.1, 0.15) is 4.90 Å². The molecule has 0 N–H and O–H groups in total. The summed E-state index contributed by atoms with van der Waals surface area (Å²) in [4.78, 5) is 16.3. The van der Waals surface area contributed by atoms with Crippen LogP contribution in [0.25, 0.3) is 22.6 Å². The molecular weight excluding hydrogens is 538 g/mol. The number of aromatic nitrogens is 4. The first-order valence-corrected chi connectivity index (χ1v) is 12.0. The Kier molecular flexibility index (Phi) is 6.15. The largest absolute Gasteiger partial charge is 0.417 e. The Morgan fingerprint density at radius 2 is 1.67 bits per heavy atom. The Hall–Kier alpha value is -3.39. The second-order valence-corrected chi connectivity index (χ2v) is 10.1. The minimum atomic E-state index is -4.74. The van der Waals surface area contributed by atoms with E-state index in [2.05, 4.69) is 10.1 Å². The highest BCUT2D eigenvalue weighted by molar-refractivity contribution is 7.91. The van der Waals surface area contributed by atoms with Gasteiger partial charge in [-0.2, -0.15) is 31.0 Å². The second-order valence-electron chi connectivity index (χ2n) is 7.48. The van der Waals surface area contributed by atoms with Crippen molar-refractivity contribution in [1.82, 2.24) is 19.2 Å². The lowest BCUT2D eigenvalue weighted by Gasteiger charge is -2.12. The summed E-state index contributed by atoms with van der Waals surface area (Å²) >= 11 is 5.76. The lowest BCUT2D eigenvalue weighted by Crippen LogP contribution is -2.23. The van der Waals surface area contributed by atoms with Gasteiger partial charge in [0.2, 0.25) is 0 Å². The molecule has 4 aromatic rings. The maximum Gasteiger partial charge on any atom is 0.417 e. The number of hydrogen-bond donors (Lipinski definition) is 0. The lowest BCUT2D eigenvalue weighted by molar-refractivity contribution is -0.138. The molecule has 15 heteroatoms. The zero-order chi connectivity index (χ0) is 26.6. The number of alkyl halides is 6. The zero-order valence-corrected chi connectivity index (χ0v) is 19.5. The van der Waals surface area contributed by atoms with E-state index in [4.69, 9.17) is 11.6 Å². The fraction of sp³-hybridized carbons (Fsp3) is 0.190. The third kappa shape index (κ3) is 4.57. The van der Waals surface area contributed by atoms with Gasteiger partial charge in [0.15, 0.2) is 21.3 Å². The minimum Gasteiger partial charge on any atom is -0.249 e. The van der Waals surface area contributed by atoms with Crippen molar-refractivity contribution in [2.75, 3.05) is 5.75 Å². The van der Waals surface area contributed by atoms with Crippen LogP contribution in [0.1, 0.15) is 18.1 Å². The minimum absolute atomic E-state index is 0.0672. The number of rotatable bonds is 4. The van der Waals surface area contributed by atoms with Gasteiger partial charge in [0.05, 0.1) is 21.9 Å². The van der Waals surface area contributed by atoms with Gasteiger partial charge in [-0.15, -0.1) is 5.10 Å². The summed E-state index contributed by atoms with van der Waals surface area (Å²) in [5.74, 6) is -0.931. The summed E-state index contributed by atoms with van der Waals surface area (Å²) in [7, 11) is -4.10. The van der Waals surface area contributed by atoms with Crippen LogP contribution in [-0.4, -0.2) is 33.3 Å². The van der Waals surface area contributed by atoms with Gasteiger partial charge in [-0.1, -0.05) is 24.6 Å². The topological polar surface area (TPSA) is 86.3 Å². The van der Waals surface area contributed by atoms with Crippen LogP contribution < -0.4 is 5.69 Å². The monoisotopic (exact) mass is 550 g/mol. The van der Waals surface area contributed by atoms with Crippen molar-refractivity contribution >= 4 is 27.1 Å². The molecule has 0 unspecified atom stereocenters. The van der Waals surface area contributed by atoms with E-state index in [0.29, 0.717) is 21.3 Å². The molecule has 7 nitrogen and oxygen atoms in total. The first-order chi connectivity index (χ1) is 16.6. The fourth-order valence-electron chi connectivity index (χ4n) is 3.34. The number of sulfone groups is 1. The molecule has 0 saturated heterocycles. The Morgan fingerprint density at radius 3 is 2.25 bits per heavy atom. The van der Waals surface area contributed by atoms with Crippen molar-refractivity contribution in [3.8, 4) is 16.9 Å². The molecule has 0 bridgehead atoms. The number of nitrogens with zero attached hydrogens (tertiary/aromatic N) is 4. The summed E-state index contributed by atoms with van der Waals surface area (Å²) in [5.41, 5.74) is -3.35. The van der Waals surface area contributed by atoms with E-state index in [9.17, 15) is 39.6 Å². The fourth-order valence-corrected chi connectivity index (χ4v) is 4.67. The maximum atomic E-state index is 13.1. The van der Waals surface area contributed by atoms with E-state index < -0.39 is 60.5 Å². The lowest BCUT2D eigenvalue weighted by atomic mass is 10.1. The third-order valence-electron chi connectivity index (χ3n) is 5.20. The highest BCUT2D eigenvalue weighted by atomic mass is 35.5. The molecule has 0 aliphatic heterocycles. The number of hydrogen-bond acceptors (Lipinski definition) is 5. The number of fused-ring (bicyclic) bond motifs is 1. The standard InChI is InChI=1S/C21H13ClF6N4O3S/c1-2-36(34,35)16-8-12(11-3-5-14(15(22)7-11)21(26,27)28)9-29-18(16)32-19(33)31-10-13(20(23,24)25)4-6-17(31)30-32/h3-10H,2H2,1H3. The van der Waals surface area contributed by atoms with Crippen LogP contribution >= 0.6 is 11.6 Å². The molecule has 0 amide bonds. The Balaban J connectivity index is 1.92. The summed E-state index contributed by atoms with van der Waals surface area (Å²) < 4.78 is 105. The van der Waals surface area contributed by atoms with Gasteiger partial charge in [-0.25, -0.2) is 22.6 Å². The summed E-state index contributed by atoms with van der Waals surface area (Å²) in [5, 5.41) is 3.27. The van der Waals surface area contributed by atoms with Crippen molar-refractivity contribution in [3.63, 3.8) is 0 Å². The van der Waals surface area contributed by atoms with Crippen LogP contribution in [0.3, 0.4) is 0 Å². The molecule has 0 aliphatic carbocycles. The average Bonchev–Trinajstić information content (AvgIpc) is 3.13. The normalized spacial score (nSPS) is 12.9. The maximum absolute atomic E-state index is 13.1. The molecule has 3 heterocycles. The molecule has 0 saturated carbocycles. The molecule has 36 heavy (non-hydrogen) atoms. The molecule has 3 aromatic heterocycles. The van der Waals surface area contributed by atoms with Crippen molar-refractivity contribution in [1.29, 1.82) is 0 Å². The molecule has 1 aromatic carbocycles. The number of benzene rings is 1. The SMILES string of the molecule is CCS(=O)(=O)c1cc(-c2ccc(C(F)(F)F)c(Cl)c2)cnc1-n1nc2ccc(C(F)(F)F)cn2c1=O. The van der Waals surface area contributed by atoms with E-state index >= 15 is 0 Å². The van der Waals surface area contributed by atoms with Crippen molar-refractivity contribution in [2.24, 2.45) is 0 Å². The van der Waals surface area contributed by atoms with Crippen LogP contribution in [-0.2, 0) is 22.2 Å². The van der Waals surface area contributed by atoms with E-state index in [1.807, 2.05) is 0 Å². The molecule has 190 valence electrons. The Bertz CT molecular complexity index is 1660. The van der Waals surface area contributed by atoms with E-state index in [0.717, 1.165) is 36.5 Å². The molecule has 0 aliphatic rings. The van der Waals surface area contributed by atoms with Gasteiger partial charge in [-0.3, -0.25) is 0 Å². The summed E-state index contributed by atoms with van der Waals surface area (Å²) in [6.45, 7) is 1.31. The first-order valence-electron chi connectivity index (χ1n) is 9.92. The van der Waals surface area contributed by atoms with E-state index in [1.54, 1.807) is 0 Å². The van der Waals surface area contributed by atoms with Crippen LogP contribution in [0.15, 0.2) is 58.5 Å². The predicted molar refractivity (Wildman–Crippen MR) is 117 cm³/mol. The first kappa shape index (κ1) is 25.7. The van der Waals surface area contributed by atoms with Gasteiger partial charge < -0.3 is 0 Å². The van der Waals surface area contributed by atoms with Crippen LogP contribution in [0.5, 0.6) is 0 Å². The Morgan fingerprint density at radius 1 is 0.972 bits per heavy atom. The van der Waals surface area contributed by atoms with Gasteiger partial charge >= 0.3 is 18.0 Å². The van der Waals surface area contributed by atoms with E-state index in [-0.39, 0.29) is 16.8 Å². The van der Waals surface area contributed by atoms with Gasteiger partial charge in [0.25, 0.3) is 0 Å². The number of halogens is 7. The quantitative estimate of drug-likeness (QED) is 0.333. The molecule has 0 fully saturated rings. The smallest absolute Gasteiger partial charge is 0.249 e. The van der Waals surface area contributed by atoms with Crippen molar-refractivity contribution in [2.45, 2.75) is 24.2 Å². The molecule has 0 spiro atoms.